The van der Waals surface area contributed by atoms with Gasteiger partial charge < -0.3 is 10.1 Å². The minimum atomic E-state index is 0.379. The van der Waals surface area contributed by atoms with E-state index < -0.39 is 0 Å². The topological polar surface area (TPSA) is 21.3 Å². The van der Waals surface area contributed by atoms with E-state index >= 15 is 0 Å². The van der Waals surface area contributed by atoms with E-state index in [9.17, 15) is 0 Å². The Balaban J connectivity index is 1.98. The average Bonchev–Trinajstić information content (AvgIpc) is 3.08. The van der Waals surface area contributed by atoms with Gasteiger partial charge in [0.25, 0.3) is 0 Å². The number of ether oxygens (including phenoxy) is 1. The van der Waals surface area contributed by atoms with Crippen molar-refractivity contribution in [2.45, 2.75) is 31.3 Å². The number of hydrogen-bond donors (Lipinski definition) is 1. The fourth-order valence-corrected chi connectivity index (χ4v) is 2.95. The van der Waals surface area contributed by atoms with Crippen LogP contribution in [0.3, 0.4) is 0 Å². The van der Waals surface area contributed by atoms with E-state index in [1.165, 1.54) is 18.4 Å². The lowest BCUT2D eigenvalue weighted by Crippen LogP contribution is -2.29. The Morgan fingerprint density at radius 3 is 2.88 bits per heavy atom. The van der Waals surface area contributed by atoms with Crippen molar-refractivity contribution in [1.82, 2.24) is 5.32 Å². The van der Waals surface area contributed by atoms with Gasteiger partial charge in [0.1, 0.15) is 5.75 Å². The summed E-state index contributed by atoms with van der Waals surface area (Å²) in [5, 5.41) is 4.36. The SMILES string of the molecule is Clc1ccc(Br)c2c1OCCC2NC1CC1. The van der Waals surface area contributed by atoms with Crippen LogP contribution in [0.2, 0.25) is 5.02 Å². The largest absolute Gasteiger partial charge is 0.492 e. The van der Waals surface area contributed by atoms with Crippen molar-refractivity contribution in [3.8, 4) is 5.75 Å². The molecule has 0 bridgehead atoms. The first-order valence-electron chi connectivity index (χ1n) is 5.62. The molecule has 1 N–H and O–H groups in total. The van der Waals surface area contributed by atoms with Crippen molar-refractivity contribution in [3.05, 3.63) is 27.2 Å². The second kappa shape index (κ2) is 4.21. The number of benzene rings is 1. The summed E-state index contributed by atoms with van der Waals surface area (Å²) in [5.41, 5.74) is 1.19. The number of hydrogen-bond acceptors (Lipinski definition) is 2. The van der Waals surface area contributed by atoms with Crippen LogP contribution in [0.5, 0.6) is 5.75 Å². The molecule has 4 heteroatoms. The van der Waals surface area contributed by atoms with Crippen molar-refractivity contribution in [2.75, 3.05) is 6.61 Å². The molecule has 1 aliphatic carbocycles. The monoisotopic (exact) mass is 301 g/mol. The number of halogens is 2. The van der Waals surface area contributed by atoms with Gasteiger partial charge in [-0.1, -0.05) is 27.5 Å². The summed E-state index contributed by atoms with van der Waals surface area (Å²) in [6.07, 6.45) is 3.61. The summed E-state index contributed by atoms with van der Waals surface area (Å²) in [6.45, 7) is 0.744. The summed E-state index contributed by atoms with van der Waals surface area (Å²) < 4.78 is 6.75. The summed E-state index contributed by atoms with van der Waals surface area (Å²) in [6, 6.07) is 4.95. The van der Waals surface area contributed by atoms with E-state index in [1.54, 1.807) is 0 Å². The lowest BCUT2D eigenvalue weighted by molar-refractivity contribution is 0.251. The zero-order chi connectivity index (χ0) is 11.1. The van der Waals surface area contributed by atoms with Crippen LogP contribution in [-0.2, 0) is 0 Å². The highest BCUT2D eigenvalue weighted by atomic mass is 79.9. The molecule has 1 atom stereocenters. The van der Waals surface area contributed by atoms with Crippen molar-refractivity contribution >= 4 is 27.5 Å². The van der Waals surface area contributed by atoms with E-state index in [4.69, 9.17) is 16.3 Å². The molecule has 1 fully saturated rings. The predicted octanol–water partition coefficient (Wildman–Crippen LogP) is 3.68. The van der Waals surface area contributed by atoms with E-state index in [1.807, 2.05) is 12.1 Å². The van der Waals surface area contributed by atoms with Crippen LogP contribution in [0.4, 0.5) is 0 Å². The molecule has 1 saturated carbocycles. The van der Waals surface area contributed by atoms with Gasteiger partial charge in [0.2, 0.25) is 0 Å². The Morgan fingerprint density at radius 2 is 2.12 bits per heavy atom. The van der Waals surface area contributed by atoms with Crippen LogP contribution < -0.4 is 10.1 Å². The Labute approximate surface area is 108 Å². The van der Waals surface area contributed by atoms with Gasteiger partial charge in [-0.2, -0.15) is 0 Å². The van der Waals surface area contributed by atoms with Crippen LogP contribution in [0.25, 0.3) is 0 Å². The van der Waals surface area contributed by atoms with Gasteiger partial charge in [-0.15, -0.1) is 0 Å². The minimum Gasteiger partial charge on any atom is -0.492 e. The minimum absolute atomic E-state index is 0.379. The molecule has 0 amide bonds. The molecule has 0 aromatic heterocycles. The molecule has 1 heterocycles. The highest BCUT2D eigenvalue weighted by molar-refractivity contribution is 9.10. The highest BCUT2D eigenvalue weighted by Crippen LogP contribution is 2.43. The molecule has 2 aliphatic rings. The maximum atomic E-state index is 6.16. The number of rotatable bonds is 2. The van der Waals surface area contributed by atoms with Crippen LogP contribution in [0.15, 0.2) is 16.6 Å². The summed E-state index contributed by atoms with van der Waals surface area (Å²) in [7, 11) is 0. The van der Waals surface area contributed by atoms with Gasteiger partial charge in [-0.05, 0) is 25.0 Å². The molecule has 3 rings (SSSR count). The Bertz CT molecular complexity index is 420. The molecule has 1 aromatic carbocycles. The molecular formula is C12H13BrClNO. The molecular weight excluding hydrogens is 289 g/mol. The molecule has 0 radical (unpaired) electrons. The van der Waals surface area contributed by atoms with Gasteiger partial charge in [-0.3, -0.25) is 0 Å². The maximum absolute atomic E-state index is 6.16. The average molecular weight is 303 g/mol. The lowest BCUT2D eigenvalue weighted by Gasteiger charge is -2.28. The second-order valence-electron chi connectivity index (χ2n) is 4.40. The summed E-state index contributed by atoms with van der Waals surface area (Å²) in [4.78, 5) is 0. The molecule has 1 aliphatic heterocycles. The van der Waals surface area contributed by atoms with E-state index in [-0.39, 0.29) is 0 Å². The van der Waals surface area contributed by atoms with Crippen LogP contribution in [-0.4, -0.2) is 12.6 Å². The number of fused-ring (bicyclic) bond motifs is 1. The molecule has 16 heavy (non-hydrogen) atoms. The molecule has 0 spiro atoms. The fraction of sp³-hybridized carbons (Fsp3) is 0.500. The Hall–Kier alpha value is -0.250. The van der Waals surface area contributed by atoms with Crippen molar-refractivity contribution in [2.24, 2.45) is 0 Å². The summed E-state index contributed by atoms with van der Waals surface area (Å²) in [5.74, 6) is 0.848. The Kier molecular flexibility index (Phi) is 2.86. The van der Waals surface area contributed by atoms with Crippen LogP contribution in [0, 0.1) is 0 Å². The van der Waals surface area contributed by atoms with Crippen molar-refractivity contribution < 1.29 is 4.74 Å². The smallest absolute Gasteiger partial charge is 0.143 e. The number of nitrogens with one attached hydrogen (secondary N) is 1. The van der Waals surface area contributed by atoms with Gasteiger partial charge in [0.05, 0.1) is 11.6 Å². The maximum Gasteiger partial charge on any atom is 0.143 e. The van der Waals surface area contributed by atoms with Gasteiger partial charge in [-0.25, -0.2) is 0 Å². The first-order chi connectivity index (χ1) is 7.75. The highest BCUT2D eigenvalue weighted by Gasteiger charge is 2.31. The molecule has 2 nitrogen and oxygen atoms in total. The van der Waals surface area contributed by atoms with E-state index in [0.717, 1.165) is 23.2 Å². The lowest BCUT2D eigenvalue weighted by atomic mass is 10.0. The standard InChI is InChI=1S/C12H13BrClNO/c13-8-3-4-9(14)12-11(8)10(5-6-16-12)15-7-1-2-7/h3-4,7,10,15H,1-2,5-6H2. The third kappa shape index (κ3) is 1.96. The van der Waals surface area contributed by atoms with Crippen LogP contribution >= 0.6 is 27.5 Å². The van der Waals surface area contributed by atoms with Crippen LogP contribution in [0.1, 0.15) is 30.9 Å². The van der Waals surface area contributed by atoms with Gasteiger partial charge in [0, 0.05) is 28.5 Å². The normalized spacial score (nSPS) is 23.8. The third-order valence-corrected chi connectivity index (χ3v) is 4.10. The fourth-order valence-electron chi connectivity index (χ4n) is 2.14. The molecule has 1 unspecified atom stereocenters. The third-order valence-electron chi connectivity index (χ3n) is 3.11. The van der Waals surface area contributed by atoms with E-state index in [2.05, 4.69) is 21.2 Å². The molecule has 86 valence electrons. The quantitative estimate of drug-likeness (QED) is 0.900. The molecule has 0 saturated heterocycles. The summed E-state index contributed by atoms with van der Waals surface area (Å²) >= 11 is 9.75. The second-order valence-corrected chi connectivity index (χ2v) is 5.66. The zero-order valence-electron chi connectivity index (χ0n) is 8.80. The first kappa shape index (κ1) is 10.9. The van der Waals surface area contributed by atoms with Gasteiger partial charge >= 0.3 is 0 Å². The Morgan fingerprint density at radius 1 is 1.31 bits per heavy atom. The first-order valence-corrected chi connectivity index (χ1v) is 6.79. The zero-order valence-corrected chi connectivity index (χ0v) is 11.1. The predicted molar refractivity (Wildman–Crippen MR) is 68.2 cm³/mol. The molecule has 1 aromatic rings. The van der Waals surface area contributed by atoms with Crippen molar-refractivity contribution in [1.29, 1.82) is 0 Å². The van der Waals surface area contributed by atoms with Crippen molar-refractivity contribution in [3.63, 3.8) is 0 Å². The van der Waals surface area contributed by atoms with Gasteiger partial charge in [0.15, 0.2) is 0 Å². The van der Waals surface area contributed by atoms with E-state index in [0.29, 0.717) is 17.1 Å².